The van der Waals surface area contributed by atoms with Crippen LogP contribution in [-0.2, 0) is 0 Å². The van der Waals surface area contributed by atoms with E-state index >= 15 is 0 Å². The molecular weight excluding hydrogens is 250 g/mol. The summed E-state index contributed by atoms with van der Waals surface area (Å²) in [6.45, 7) is 4.51. The van der Waals surface area contributed by atoms with Gasteiger partial charge in [0.1, 0.15) is 0 Å². The van der Waals surface area contributed by atoms with Crippen LogP contribution < -0.4 is 5.73 Å². The van der Waals surface area contributed by atoms with E-state index in [0.29, 0.717) is 5.92 Å². The second-order valence-electron chi connectivity index (χ2n) is 5.73. The Morgan fingerprint density at radius 2 is 1.95 bits per heavy atom. The summed E-state index contributed by atoms with van der Waals surface area (Å²) < 4.78 is 0. The molecule has 0 spiro atoms. The van der Waals surface area contributed by atoms with Gasteiger partial charge in [-0.05, 0) is 48.1 Å². The Balaban J connectivity index is 1.99. The van der Waals surface area contributed by atoms with Crippen molar-refractivity contribution in [3.05, 3.63) is 29.8 Å². The smallest absolute Gasteiger partial charge is 0.0323 e. The molecule has 1 aliphatic rings. The minimum absolute atomic E-state index is 0.232. The highest BCUT2D eigenvalue weighted by atomic mass is 32.2. The van der Waals surface area contributed by atoms with Gasteiger partial charge in [0.15, 0.2) is 0 Å². The predicted octanol–water partition coefficient (Wildman–Crippen LogP) is 5.01. The van der Waals surface area contributed by atoms with Gasteiger partial charge in [-0.25, -0.2) is 0 Å². The predicted molar refractivity (Wildman–Crippen MR) is 85.5 cm³/mol. The Kier molecular flexibility index (Phi) is 5.77. The van der Waals surface area contributed by atoms with Crippen molar-refractivity contribution in [2.24, 2.45) is 17.6 Å². The van der Waals surface area contributed by atoms with Crippen LogP contribution in [0.1, 0.15) is 57.6 Å². The summed E-state index contributed by atoms with van der Waals surface area (Å²) >= 11 is 1.89. The number of nitrogens with two attached hydrogens (primary N) is 1. The van der Waals surface area contributed by atoms with Crippen molar-refractivity contribution < 1.29 is 0 Å². The fourth-order valence-corrected chi connectivity index (χ4v) is 3.92. The van der Waals surface area contributed by atoms with E-state index in [1.54, 1.807) is 0 Å². The van der Waals surface area contributed by atoms with Crippen molar-refractivity contribution in [3.63, 3.8) is 0 Å². The molecule has 1 saturated carbocycles. The van der Waals surface area contributed by atoms with Crippen molar-refractivity contribution in [2.45, 2.75) is 56.9 Å². The lowest BCUT2D eigenvalue weighted by Gasteiger charge is -2.32. The average Bonchev–Trinajstić information content (AvgIpc) is 2.48. The van der Waals surface area contributed by atoms with Gasteiger partial charge in [0.25, 0.3) is 0 Å². The van der Waals surface area contributed by atoms with Crippen LogP contribution in [0.2, 0.25) is 0 Å². The number of hydrogen-bond donors (Lipinski definition) is 1. The fraction of sp³-hybridized carbons (Fsp3) is 0.647. The molecule has 0 aliphatic heterocycles. The standard InChI is InChI=1S/C17H27NS/c1-3-13-6-5-7-15(12-13)17(18)14-8-10-16(11-9-14)19-4-2/h8-11,13,15,17H,3-7,12,18H2,1-2H3. The normalized spacial score (nSPS) is 25.2. The van der Waals surface area contributed by atoms with Gasteiger partial charge in [-0.2, -0.15) is 0 Å². The summed E-state index contributed by atoms with van der Waals surface area (Å²) in [6, 6.07) is 9.15. The maximum atomic E-state index is 6.50. The SMILES string of the molecule is CCSc1ccc(C(N)C2CCCC(CC)C2)cc1. The van der Waals surface area contributed by atoms with E-state index < -0.39 is 0 Å². The molecule has 0 heterocycles. The van der Waals surface area contributed by atoms with Crippen LogP contribution in [0.3, 0.4) is 0 Å². The highest BCUT2D eigenvalue weighted by Crippen LogP contribution is 2.37. The number of thioether (sulfide) groups is 1. The molecule has 1 fully saturated rings. The largest absolute Gasteiger partial charge is 0.324 e. The lowest BCUT2D eigenvalue weighted by molar-refractivity contribution is 0.230. The van der Waals surface area contributed by atoms with Crippen molar-refractivity contribution in [2.75, 3.05) is 5.75 Å². The zero-order valence-electron chi connectivity index (χ0n) is 12.3. The van der Waals surface area contributed by atoms with Gasteiger partial charge in [0, 0.05) is 10.9 Å². The molecule has 19 heavy (non-hydrogen) atoms. The minimum Gasteiger partial charge on any atom is -0.324 e. The molecule has 1 aromatic carbocycles. The van der Waals surface area contributed by atoms with E-state index in [2.05, 4.69) is 38.1 Å². The summed E-state index contributed by atoms with van der Waals surface area (Å²) in [7, 11) is 0. The van der Waals surface area contributed by atoms with Crippen LogP contribution in [0.25, 0.3) is 0 Å². The van der Waals surface area contributed by atoms with E-state index in [1.165, 1.54) is 42.6 Å². The first-order valence-electron chi connectivity index (χ1n) is 7.72. The Bertz CT molecular complexity index is 373. The van der Waals surface area contributed by atoms with Crippen LogP contribution in [-0.4, -0.2) is 5.75 Å². The Hall–Kier alpha value is -0.470. The third-order valence-electron chi connectivity index (χ3n) is 4.48. The van der Waals surface area contributed by atoms with Gasteiger partial charge < -0.3 is 5.73 Å². The molecule has 3 atom stereocenters. The fourth-order valence-electron chi connectivity index (χ4n) is 3.25. The monoisotopic (exact) mass is 277 g/mol. The van der Waals surface area contributed by atoms with Gasteiger partial charge in [0.05, 0.1) is 0 Å². The molecule has 2 rings (SSSR count). The first-order chi connectivity index (χ1) is 9.24. The molecule has 1 nitrogen and oxygen atoms in total. The van der Waals surface area contributed by atoms with Crippen LogP contribution in [0.15, 0.2) is 29.2 Å². The van der Waals surface area contributed by atoms with Gasteiger partial charge in [-0.3, -0.25) is 0 Å². The molecule has 3 unspecified atom stereocenters. The Labute approximate surface area is 122 Å². The molecule has 0 aromatic heterocycles. The first-order valence-corrected chi connectivity index (χ1v) is 8.71. The van der Waals surface area contributed by atoms with E-state index in [0.717, 1.165) is 11.7 Å². The molecule has 0 saturated heterocycles. The van der Waals surface area contributed by atoms with Crippen molar-refractivity contribution >= 4 is 11.8 Å². The second kappa shape index (κ2) is 7.35. The number of rotatable bonds is 5. The zero-order valence-corrected chi connectivity index (χ0v) is 13.1. The minimum atomic E-state index is 0.232. The van der Waals surface area contributed by atoms with Crippen molar-refractivity contribution in [1.82, 2.24) is 0 Å². The van der Waals surface area contributed by atoms with Gasteiger partial charge in [0.2, 0.25) is 0 Å². The third kappa shape index (κ3) is 4.00. The van der Waals surface area contributed by atoms with Gasteiger partial charge in [-0.1, -0.05) is 45.2 Å². The second-order valence-corrected chi connectivity index (χ2v) is 7.07. The lowest BCUT2D eigenvalue weighted by Crippen LogP contribution is -2.26. The molecule has 0 bridgehead atoms. The molecule has 0 amide bonds. The third-order valence-corrected chi connectivity index (χ3v) is 5.38. The number of hydrogen-bond acceptors (Lipinski definition) is 2. The molecular formula is C17H27NS. The summed E-state index contributed by atoms with van der Waals surface area (Å²) in [5, 5.41) is 0. The van der Waals surface area contributed by atoms with Gasteiger partial charge >= 0.3 is 0 Å². The molecule has 106 valence electrons. The maximum absolute atomic E-state index is 6.50. The molecule has 2 heteroatoms. The summed E-state index contributed by atoms with van der Waals surface area (Å²) in [6.07, 6.45) is 6.72. The Morgan fingerprint density at radius 3 is 2.58 bits per heavy atom. The number of benzene rings is 1. The van der Waals surface area contributed by atoms with Crippen LogP contribution in [0.4, 0.5) is 0 Å². The highest BCUT2D eigenvalue weighted by Gasteiger charge is 2.26. The quantitative estimate of drug-likeness (QED) is 0.765. The van der Waals surface area contributed by atoms with Crippen LogP contribution in [0, 0.1) is 11.8 Å². The average molecular weight is 277 g/mol. The molecule has 1 aliphatic carbocycles. The summed E-state index contributed by atoms with van der Waals surface area (Å²) in [4.78, 5) is 1.36. The molecule has 0 radical (unpaired) electrons. The molecule has 2 N–H and O–H groups in total. The zero-order chi connectivity index (χ0) is 13.7. The Morgan fingerprint density at radius 1 is 1.21 bits per heavy atom. The van der Waals surface area contributed by atoms with Crippen molar-refractivity contribution in [1.29, 1.82) is 0 Å². The first kappa shape index (κ1) is 14.9. The van der Waals surface area contributed by atoms with Crippen LogP contribution in [0.5, 0.6) is 0 Å². The summed E-state index contributed by atoms with van der Waals surface area (Å²) in [5.41, 5.74) is 7.83. The van der Waals surface area contributed by atoms with Crippen molar-refractivity contribution in [3.8, 4) is 0 Å². The lowest BCUT2D eigenvalue weighted by atomic mass is 9.75. The van der Waals surface area contributed by atoms with E-state index in [4.69, 9.17) is 5.73 Å². The topological polar surface area (TPSA) is 26.0 Å². The van der Waals surface area contributed by atoms with Gasteiger partial charge in [-0.15, -0.1) is 11.8 Å². The van der Waals surface area contributed by atoms with E-state index in [9.17, 15) is 0 Å². The van der Waals surface area contributed by atoms with E-state index in [1.807, 2.05) is 11.8 Å². The summed E-state index contributed by atoms with van der Waals surface area (Å²) in [5.74, 6) is 2.72. The van der Waals surface area contributed by atoms with E-state index in [-0.39, 0.29) is 6.04 Å². The van der Waals surface area contributed by atoms with Crippen LogP contribution >= 0.6 is 11.8 Å². The molecule has 1 aromatic rings. The maximum Gasteiger partial charge on any atom is 0.0323 e. The highest BCUT2D eigenvalue weighted by molar-refractivity contribution is 7.99.